The SMILES string of the molecule is CCC(=O)CCc1c[nH]c(=O)[nH]c1=O. The van der Waals surface area contributed by atoms with Gasteiger partial charge in [-0.2, -0.15) is 0 Å². The van der Waals surface area contributed by atoms with Crippen LogP contribution in [0.25, 0.3) is 0 Å². The molecule has 14 heavy (non-hydrogen) atoms. The van der Waals surface area contributed by atoms with E-state index in [0.717, 1.165) is 0 Å². The summed E-state index contributed by atoms with van der Waals surface area (Å²) >= 11 is 0. The maximum Gasteiger partial charge on any atom is 0.325 e. The van der Waals surface area contributed by atoms with Gasteiger partial charge in [-0.3, -0.25) is 14.6 Å². The second-order valence-corrected chi connectivity index (χ2v) is 2.99. The molecule has 1 heterocycles. The van der Waals surface area contributed by atoms with Gasteiger partial charge in [-0.25, -0.2) is 4.79 Å². The van der Waals surface area contributed by atoms with Crippen molar-refractivity contribution in [1.82, 2.24) is 9.97 Å². The topological polar surface area (TPSA) is 82.8 Å². The van der Waals surface area contributed by atoms with Crippen LogP contribution in [0.5, 0.6) is 0 Å². The van der Waals surface area contributed by atoms with Gasteiger partial charge < -0.3 is 4.98 Å². The summed E-state index contributed by atoms with van der Waals surface area (Å²) in [5.41, 5.74) is -0.510. The van der Waals surface area contributed by atoms with E-state index in [0.29, 0.717) is 24.8 Å². The highest BCUT2D eigenvalue weighted by Crippen LogP contribution is 1.96. The molecule has 1 aromatic heterocycles. The third-order valence-corrected chi connectivity index (χ3v) is 1.96. The lowest BCUT2D eigenvalue weighted by atomic mass is 10.1. The number of carbonyl (C=O) groups is 1. The summed E-state index contributed by atoms with van der Waals surface area (Å²) in [6.45, 7) is 1.78. The van der Waals surface area contributed by atoms with E-state index in [2.05, 4.69) is 9.97 Å². The molecular weight excluding hydrogens is 184 g/mol. The molecule has 0 saturated heterocycles. The normalized spacial score (nSPS) is 10.1. The average Bonchev–Trinajstić information content (AvgIpc) is 2.16. The first kappa shape index (κ1) is 10.4. The summed E-state index contributed by atoms with van der Waals surface area (Å²) in [6.07, 6.45) is 2.54. The Morgan fingerprint density at radius 2 is 2.14 bits per heavy atom. The molecule has 0 aliphatic rings. The Morgan fingerprint density at radius 3 is 2.71 bits per heavy atom. The molecule has 76 valence electrons. The summed E-state index contributed by atoms with van der Waals surface area (Å²) in [6, 6.07) is 0. The third-order valence-electron chi connectivity index (χ3n) is 1.96. The van der Waals surface area contributed by atoms with Crippen molar-refractivity contribution in [1.29, 1.82) is 0 Å². The number of Topliss-reactive ketones (excluding diaryl/α,β-unsaturated/α-hetero) is 1. The van der Waals surface area contributed by atoms with Crippen LogP contribution in [0.4, 0.5) is 0 Å². The van der Waals surface area contributed by atoms with Crippen LogP contribution in [0, 0.1) is 0 Å². The molecular formula is C9H12N2O3. The molecule has 1 aromatic rings. The van der Waals surface area contributed by atoms with E-state index in [1.54, 1.807) is 6.92 Å². The predicted octanol–water partition coefficient (Wildman–Crippen LogP) is -0.0251. The van der Waals surface area contributed by atoms with Crippen molar-refractivity contribution in [3.63, 3.8) is 0 Å². The molecule has 1 rings (SSSR count). The van der Waals surface area contributed by atoms with Crippen molar-refractivity contribution >= 4 is 5.78 Å². The van der Waals surface area contributed by atoms with Crippen molar-refractivity contribution in [2.75, 3.05) is 0 Å². The first-order valence-corrected chi connectivity index (χ1v) is 4.46. The number of aryl methyl sites for hydroxylation is 1. The Bertz CT molecular complexity index is 430. The number of nitrogens with one attached hydrogen (secondary N) is 2. The lowest BCUT2D eigenvalue weighted by Gasteiger charge is -1.97. The molecule has 0 aromatic carbocycles. The van der Waals surface area contributed by atoms with E-state index in [4.69, 9.17) is 0 Å². The smallest absolute Gasteiger partial charge is 0.314 e. The van der Waals surface area contributed by atoms with E-state index < -0.39 is 11.2 Å². The number of ketones is 1. The number of hydrogen-bond acceptors (Lipinski definition) is 3. The first-order valence-electron chi connectivity index (χ1n) is 4.46. The molecule has 0 atom stereocenters. The highest BCUT2D eigenvalue weighted by Gasteiger charge is 2.03. The molecule has 0 radical (unpaired) electrons. The summed E-state index contributed by atoms with van der Waals surface area (Å²) < 4.78 is 0. The third kappa shape index (κ3) is 2.69. The standard InChI is InChI=1S/C9H12N2O3/c1-2-7(12)4-3-6-5-10-9(14)11-8(6)13/h5H,2-4H2,1H3,(H2,10,11,13,14). The van der Waals surface area contributed by atoms with E-state index in [1.165, 1.54) is 6.20 Å². The molecule has 0 fully saturated rings. The zero-order valence-corrected chi connectivity index (χ0v) is 7.92. The molecule has 5 nitrogen and oxygen atoms in total. The Labute approximate surface area is 80.2 Å². The van der Waals surface area contributed by atoms with E-state index in [9.17, 15) is 14.4 Å². The molecule has 0 aliphatic heterocycles. The van der Waals surface area contributed by atoms with E-state index in [-0.39, 0.29) is 5.78 Å². The van der Waals surface area contributed by atoms with Crippen LogP contribution in [0.3, 0.4) is 0 Å². The van der Waals surface area contributed by atoms with Crippen LogP contribution in [-0.4, -0.2) is 15.8 Å². The van der Waals surface area contributed by atoms with Crippen molar-refractivity contribution in [2.45, 2.75) is 26.2 Å². The summed E-state index contributed by atoms with van der Waals surface area (Å²) in [5.74, 6) is 0.107. The maximum atomic E-state index is 11.2. The van der Waals surface area contributed by atoms with Gasteiger partial charge in [0.25, 0.3) is 5.56 Å². The zero-order chi connectivity index (χ0) is 10.6. The van der Waals surface area contributed by atoms with Crippen LogP contribution in [-0.2, 0) is 11.2 Å². The summed E-state index contributed by atoms with van der Waals surface area (Å²) in [7, 11) is 0. The fourth-order valence-electron chi connectivity index (χ4n) is 1.07. The number of rotatable bonds is 4. The van der Waals surface area contributed by atoms with Crippen molar-refractivity contribution < 1.29 is 4.79 Å². The Kier molecular flexibility index (Phi) is 3.39. The molecule has 0 unspecified atom stereocenters. The van der Waals surface area contributed by atoms with Crippen molar-refractivity contribution in [3.05, 3.63) is 32.6 Å². The van der Waals surface area contributed by atoms with Gasteiger partial charge in [0.05, 0.1) is 0 Å². The maximum absolute atomic E-state index is 11.2. The zero-order valence-electron chi connectivity index (χ0n) is 7.92. The van der Waals surface area contributed by atoms with Crippen molar-refractivity contribution in [2.24, 2.45) is 0 Å². The van der Waals surface area contributed by atoms with E-state index in [1.807, 2.05) is 0 Å². The summed E-state index contributed by atoms with van der Waals surface area (Å²) in [4.78, 5) is 37.3. The molecule has 0 aliphatic carbocycles. The minimum absolute atomic E-state index is 0.107. The van der Waals surface area contributed by atoms with Crippen LogP contribution in [0.1, 0.15) is 25.3 Å². The van der Waals surface area contributed by atoms with Gasteiger partial charge in [-0.15, -0.1) is 0 Å². The summed E-state index contributed by atoms with van der Waals surface area (Å²) in [5, 5.41) is 0. The predicted molar refractivity (Wildman–Crippen MR) is 51.3 cm³/mol. The molecule has 5 heteroatoms. The quantitative estimate of drug-likeness (QED) is 0.709. The fourth-order valence-corrected chi connectivity index (χ4v) is 1.07. The monoisotopic (exact) mass is 196 g/mol. The van der Waals surface area contributed by atoms with Crippen molar-refractivity contribution in [3.8, 4) is 0 Å². The van der Waals surface area contributed by atoms with E-state index >= 15 is 0 Å². The molecule has 0 spiro atoms. The molecule has 0 amide bonds. The fraction of sp³-hybridized carbons (Fsp3) is 0.444. The Hall–Kier alpha value is -1.65. The van der Waals surface area contributed by atoms with Gasteiger partial charge in [-0.05, 0) is 6.42 Å². The first-order chi connectivity index (χ1) is 6.63. The minimum Gasteiger partial charge on any atom is -0.314 e. The Balaban J connectivity index is 2.73. The molecule has 0 bridgehead atoms. The van der Waals surface area contributed by atoms with Gasteiger partial charge in [0.2, 0.25) is 0 Å². The Morgan fingerprint density at radius 1 is 1.43 bits per heavy atom. The number of H-pyrrole nitrogens is 2. The second-order valence-electron chi connectivity index (χ2n) is 2.99. The van der Waals surface area contributed by atoms with Crippen LogP contribution >= 0.6 is 0 Å². The average molecular weight is 196 g/mol. The highest BCUT2D eigenvalue weighted by molar-refractivity contribution is 5.78. The van der Waals surface area contributed by atoms with Gasteiger partial charge >= 0.3 is 5.69 Å². The number of aromatic amines is 2. The largest absolute Gasteiger partial charge is 0.325 e. The molecule has 0 saturated carbocycles. The van der Waals surface area contributed by atoms with Gasteiger partial charge in [0.15, 0.2) is 0 Å². The van der Waals surface area contributed by atoms with Crippen LogP contribution < -0.4 is 11.2 Å². The highest BCUT2D eigenvalue weighted by atomic mass is 16.2. The second kappa shape index (κ2) is 4.55. The van der Waals surface area contributed by atoms with Gasteiger partial charge in [0.1, 0.15) is 5.78 Å². The van der Waals surface area contributed by atoms with Gasteiger partial charge in [-0.1, -0.05) is 6.92 Å². The van der Waals surface area contributed by atoms with Crippen LogP contribution in [0.15, 0.2) is 15.8 Å². The van der Waals surface area contributed by atoms with Gasteiger partial charge in [0, 0.05) is 24.6 Å². The minimum atomic E-state index is -0.527. The number of hydrogen-bond donors (Lipinski definition) is 2. The lowest BCUT2D eigenvalue weighted by molar-refractivity contribution is -0.118. The lowest BCUT2D eigenvalue weighted by Crippen LogP contribution is -2.24. The number of carbonyl (C=O) groups excluding carboxylic acids is 1. The number of aromatic nitrogens is 2. The molecule has 2 N–H and O–H groups in total. The van der Waals surface area contributed by atoms with Crippen LogP contribution in [0.2, 0.25) is 0 Å².